The summed E-state index contributed by atoms with van der Waals surface area (Å²) in [4.78, 5) is 0. The topological polar surface area (TPSA) is 0 Å². The Hall–Kier alpha value is -3.12. The van der Waals surface area contributed by atoms with Gasteiger partial charge in [0, 0.05) is 5.92 Å². The van der Waals surface area contributed by atoms with Crippen molar-refractivity contribution < 1.29 is 0 Å². The molecule has 0 N–H and O–H groups in total. The van der Waals surface area contributed by atoms with Gasteiger partial charge in [-0.05, 0) is 50.6 Å². The van der Waals surface area contributed by atoms with E-state index in [1.807, 2.05) is 0 Å². The van der Waals surface area contributed by atoms with Crippen molar-refractivity contribution in [2.45, 2.75) is 19.3 Å². The largest absolute Gasteiger partial charge is 0.0645 e. The first-order valence-electron chi connectivity index (χ1n) is 9.75. The fraction of sp³-hybridized carbons (Fsp3) is 0.111. The smallest absolute Gasteiger partial charge is 0.0105 e. The van der Waals surface area contributed by atoms with Crippen LogP contribution in [0.25, 0.3) is 21.9 Å². The van der Waals surface area contributed by atoms with Crippen molar-refractivity contribution in [2.75, 3.05) is 0 Å². The summed E-state index contributed by atoms with van der Waals surface area (Å²) in [5, 5.41) is 2.76. The van der Waals surface area contributed by atoms with Crippen molar-refractivity contribution >= 4 is 21.9 Å². The molecule has 1 atom stereocenters. The molecule has 0 saturated carbocycles. The molecule has 1 aliphatic rings. The van der Waals surface area contributed by atoms with Gasteiger partial charge in [-0.3, -0.25) is 0 Å². The first-order valence-corrected chi connectivity index (χ1v) is 9.75. The second-order valence-corrected chi connectivity index (χ2v) is 7.23. The average molecular weight is 346 g/mol. The van der Waals surface area contributed by atoms with Crippen LogP contribution in [0.3, 0.4) is 0 Å². The molecular weight excluding hydrogens is 324 g/mol. The number of rotatable bonds is 3. The molecule has 0 amide bonds. The number of benzene rings is 4. The lowest BCUT2D eigenvalue weighted by Gasteiger charge is -2.31. The molecule has 5 rings (SSSR count). The van der Waals surface area contributed by atoms with Crippen molar-refractivity contribution in [1.29, 1.82) is 0 Å². The molecule has 0 heterocycles. The lowest BCUT2D eigenvalue weighted by Crippen LogP contribution is -2.11. The molecule has 0 aromatic heterocycles. The quantitative estimate of drug-likeness (QED) is 0.365. The summed E-state index contributed by atoms with van der Waals surface area (Å²) in [6, 6.07) is 35.3. The Balaban J connectivity index is 1.95. The van der Waals surface area contributed by atoms with E-state index in [0.29, 0.717) is 5.92 Å². The summed E-state index contributed by atoms with van der Waals surface area (Å²) in [6.07, 6.45) is 1.09. The van der Waals surface area contributed by atoms with Gasteiger partial charge in [0.15, 0.2) is 0 Å². The number of allylic oxidation sites excluding steroid dienone is 1. The maximum atomic E-state index is 2.32. The molecule has 0 radical (unpaired) electrons. The number of hydrogen-bond acceptors (Lipinski definition) is 0. The van der Waals surface area contributed by atoms with Crippen LogP contribution >= 0.6 is 0 Å². The zero-order chi connectivity index (χ0) is 18.2. The van der Waals surface area contributed by atoms with Crippen LogP contribution in [0, 0.1) is 0 Å². The summed E-state index contributed by atoms with van der Waals surface area (Å²) in [5.74, 6) is 0.404. The highest BCUT2D eigenvalue weighted by Crippen LogP contribution is 2.50. The SMILES string of the molecule is CCC1C(c2ccccc2)=C(c2ccccc2)c2cccc3cccc1c23. The lowest BCUT2D eigenvalue weighted by molar-refractivity contribution is 0.827. The molecule has 0 fully saturated rings. The second-order valence-electron chi connectivity index (χ2n) is 7.23. The molecule has 0 bridgehead atoms. The van der Waals surface area contributed by atoms with Gasteiger partial charge in [-0.25, -0.2) is 0 Å². The van der Waals surface area contributed by atoms with E-state index in [1.165, 1.54) is 44.2 Å². The minimum Gasteiger partial charge on any atom is -0.0645 e. The highest BCUT2D eigenvalue weighted by molar-refractivity contribution is 6.12. The summed E-state index contributed by atoms with van der Waals surface area (Å²) in [5.41, 5.74) is 8.29. The third kappa shape index (κ3) is 2.52. The van der Waals surface area contributed by atoms with Crippen LogP contribution in [-0.4, -0.2) is 0 Å². The molecule has 1 aliphatic carbocycles. The van der Waals surface area contributed by atoms with E-state index in [2.05, 4.69) is 104 Å². The van der Waals surface area contributed by atoms with Gasteiger partial charge in [0.1, 0.15) is 0 Å². The van der Waals surface area contributed by atoms with Crippen LogP contribution in [0.5, 0.6) is 0 Å². The van der Waals surface area contributed by atoms with E-state index in [4.69, 9.17) is 0 Å². The van der Waals surface area contributed by atoms with Crippen LogP contribution in [0.2, 0.25) is 0 Å². The maximum Gasteiger partial charge on any atom is 0.0105 e. The predicted octanol–water partition coefficient (Wildman–Crippen LogP) is 7.31. The standard InChI is InChI=1S/C27H22/c1-2-22-23-17-9-15-19-16-10-18-24(25(19)23)27(21-13-7-4-8-14-21)26(22)20-11-5-3-6-12-20/h3-18,22H,2H2,1H3. The monoisotopic (exact) mass is 346 g/mol. The van der Waals surface area contributed by atoms with Gasteiger partial charge in [-0.1, -0.05) is 104 Å². The van der Waals surface area contributed by atoms with Gasteiger partial charge in [0.2, 0.25) is 0 Å². The Labute approximate surface area is 160 Å². The van der Waals surface area contributed by atoms with Crippen molar-refractivity contribution in [2.24, 2.45) is 0 Å². The maximum absolute atomic E-state index is 2.32. The molecule has 1 unspecified atom stereocenters. The first kappa shape index (κ1) is 16.1. The molecule has 27 heavy (non-hydrogen) atoms. The normalized spacial score (nSPS) is 16.0. The van der Waals surface area contributed by atoms with Gasteiger partial charge in [0.05, 0.1) is 0 Å². The Bertz CT molecular complexity index is 1130. The summed E-state index contributed by atoms with van der Waals surface area (Å²) in [6.45, 7) is 2.31. The van der Waals surface area contributed by atoms with Crippen LogP contribution in [-0.2, 0) is 0 Å². The Morgan fingerprint density at radius 3 is 1.93 bits per heavy atom. The van der Waals surface area contributed by atoms with Crippen molar-refractivity contribution in [3.05, 3.63) is 119 Å². The molecule has 0 heteroatoms. The molecule has 4 aromatic carbocycles. The lowest BCUT2D eigenvalue weighted by atomic mass is 9.72. The Morgan fingerprint density at radius 2 is 1.26 bits per heavy atom. The highest BCUT2D eigenvalue weighted by atomic mass is 14.3. The van der Waals surface area contributed by atoms with Gasteiger partial charge in [0.25, 0.3) is 0 Å². The molecule has 4 aromatic rings. The van der Waals surface area contributed by atoms with Crippen LogP contribution in [0.1, 0.15) is 41.5 Å². The molecule has 0 nitrogen and oxygen atoms in total. The second kappa shape index (κ2) is 6.55. The average Bonchev–Trinajstić information content (AvgIpc) is 2.75. The van der Waals surface area contributed by atoms with Crippen molar-refractivity contribution in [1.82, 2.24) is 0 Å². The fourth-order valence-corrected chi connectivity index (χ4v) is 4.65. The Morgan fingerprint density at radius 1 is 0.630 bits per heavy atom. The van der Waals surface area contributed by atoms with Gasteiger partial charge in [-0.15, -0.1) is 0 Å². The third-order valence-corrected chi connectivity index (χ3v) is 5.75. The Kier molecular flexibility index (Phi) is 3.90. The summed E-state index contributed by atoms with van der Waals surface area (Å²) < 4.78 is 0. The molecule has 0 spiro atoms. The molecular formula is C27H22. The van der Waals surface area contributed by atoms with Crippen LogP contribution in [0.15, 0.2) is 97.1 Å². The van der Waals surface area contributed by atoms with E-state index in [-0.39, 0.29) is 0 Å². The summed E-state index contributed by atoms with van der Waals surface area (Å²) in [7, 11) is 0. The number of hydrogen-bond donors (Lipinski definition) is 0. The van der Waals surface area contributed by atoms with E-state index in [1.54, 1.807) is 0 Å². The van der Waals surface area contributed by atoms with Crippen LogP contribution < -0.4 is 0 Å². The first-order chi connectivity index (χ1) is 13.4. The van der Waals surface area contributed by atoms with Gasteiger partial charge in [-0.2, -0.15) is 0 Å². The molecule has 0 aliphatic heterocycles. The molecule has 130 valence electrons. The molecule has 0 saturated heterocycles. The van der Waals surface area contributed by atoms with Crippen LogP contribution in [0.4, 0.5) is 0 Å². The third-order valence-electron chi connectivity index (χ3n) is 5.75. The minimum absolute atomic E-state index is 0.404. The van der Waals surface area contributed by atoms with Crippen molar-refractivity contribution in [3.63, 3.8) is 0 Å². The van der Waals surface area contributed by atoms with Gasteiger partial charge < -0.3 is 0 Å². The minimum atomic E-state index is 0.404. The zero-order valence-electron chi connectivity index (χ0n) is 15.5. The van der Waals surface area contributed by atoms with Gasteiger partial charge >= 0.3 is 0 Å². The fourth-order valence-electron chi connectivity index (χ4n) is 4.65. The predicted molar refractivity (Wildman–Crippen MR) is 116 cm³/mol. The summed E-state index contributed by atoms with van der Waals surface area (Å²) >= 11 is 0. The van der Waals surface area contributed by atoms with Crippen molar-refractivity contribution in [3.8, 4) is 0 Å². The van der Waals surface area contributed by atoms with E-state index < -0.39 is 0 Å². The highest BCUT2D eigenvalue weighted by Gasteiger charge is 2.29. The van der Waals surface area contributed by atoms with E-state index in [9.17, 15) is 0 Å². The van der Waals surface area contributed by atoms with E-state index in [0.717, 1.165) is 6.42 Å². The zero-order valence-corrected chi connectivity index (χ0v) is 15.5. The van der Waals surface area contributed by atoms with E-state index >= 15 is 0 Å².